The summed E-state index contributed by atoms with van der Waals surface area (Å²) in [6, 6.07) is 4.23. The van der Waals surface area contributed by atoms with Crippen molar-refractivity contribution in [1.29, 1.82) is 0 Å². The standard InChI is InChI=1S/C15H17BrClN3/c1-2-4-20-15(13-3-5-18-10-14(13)17)7-11-6-12(16)9-19-8-11/h3,5-6,8-10,15,20H,2,4,7H2,1H3. The lowest BCUT2D eigenvalue weighted by Crippen LogP contribution is -2.24. The molecule has 0 spiro atoms. The number of nitrogens with one attached hydrogen (secondary N) is 1. The van der Waals surface area contributed by atoms with Gasteiger partial charge in [0.2, 0.25) is 0 Å². The van der Waals surface area contributed by atoms with Crippen LogP contribution in [0.3, 0.4) is 0 Å². The van der Waals surface area contributed by atoms with Gasteiger partial charge < -0.3 is 5.32 Å². The van der Waals surface area contributed by atoms with Crippen LogP contribution in [0.4, 0.5) is 0 Å². The van der Waals surface area contributed by atoms with Crippen molar-refractivity contribution >= 4 is 27.5 Å². The van der Waals surface area contributed by atoms with Gasteiger partial charge in [-0.25, -0.2) is 0 Å². The number of halogens is 2. The van der Waals surface area contributed by atoms with E-state index >= 15 is 0 Å². The molecule has 0 saturated heterocycles. The number of aromatic nitrogens is 2. The van der Waals surface area contributed by atoms with Crippen LogP contribution in [0.5, 0.6) is 0 Å². The van der Waals surface area contributed by atoms with Crippen molar-refractivity contribution in [1.82, 2.24) is 15.3 Å². The summed E-state index contributed by atoms with van der Waals surface area (Å²) >= 11 is 9.72. The molecule has 0 amide bonds. The van der Waals surface area contributed by atoms with Crippen molar-refractivity contribution in [3.63, 3.8) is 0 Å². The molecule has 0 aliphatic carbocycles. The van der Waals surface area contributed by atoms with Crippen molar-refractivity contribution in [2.45, 2.75) is 25.8 Å². The molecule has 0 bridgehead atoms. The third-order valence-corrected chi connectivity index (χ3v) is 3.77. The minimum atomic E-state index is 0.168. The van der Waals surface area contributed by atoms with E-state index in [4.69, 9.17) is 11.6 Å². The van der Waals surface area contributed by atoms with Crippen LogP contribution in [0.15, 0.2) is 41.4 Å². The van der Waals surface area contributed by atoms with Gasteiger partial charge in [0.25, 0.3) is 0 Å². The van der Waals surface area contributed by atoms with Crippen molar-refractivity contribution in [3.05, 3.63) is 57.5 Å². The van der Waals surface area contributed by atoms with Crippen molar-refractivity contribution in [2.24, 2.45) is 0 Å². The fourth-order valence-corrected chi connectivity index (χ4v) is 2.75. The summed E-state index contributed by atoms with van der Waals surface area (Å²) in [5.41, 5.74) is 2.25. The maximum absolute atomic E-state index is 6.27. The monoisotopic (exact) mass is 353 g/mol. The molecule has 0 radical (unpaired) electrons. The molecule has 1 unspecified atom stereocenters. The lowest BCUT2D eigenvalue weighted by molar-refractivity contribution is 0.528. The van der Waals surface area contributed by atoms with E-state index in [1.807, 2.05) is 12.3 Å². The van der Waals surface area contributed by atoms with E-state index in [1.54, 1.807) is 18.6 Å². The Morgan fingerprint density at radius 2 is 2.15 bits per heavy atom. The van der Waals surface area contributed by atoms with Gasteiger partial charge in [-0.2, -0.15) is 0 Å². The van der Waals surface area contributed by atoms with Gasteiger partial charge in [0.05, 0.1) is 5.02 Å². The molecule has 3 nitrogen and oxygen atoms in total. The zero-order valence-corrected chi connectivity index (χ0v) is 13.7. The van der Waals surface area contributed by atoms with Gasteiger partial charge in [-0.15, -0.1) is 0 Å². The van der Waals surface area contributed by atoms with Crippen LogP contribution in [0.25, 0.3) is 0 Å². The molecule has 2 rings (SSSR count). The van der Waals surface area contributed by atoms with E-state index < -0.39 is 0 Å². The highest BCUT2D eigenvalue weighted by Crippen LogP contribution is 2.25. The molecule has 1 atom stereocenters. The van der Waals surface area contributed by atoms with Gasteiger partial charge in [-0.05, 0) is 58.6 Å². The van der Waals surface area contributed by atoms with Gasteiger partial charge in [0.15, 0.2) is 0 Å². The normalized spacial score (nSPS) is 12.3. The number of hydrogen-bond acceptors (Lipinski definition) is 3. The average molecular weight is 355 g/mol. The summed E-state index contributed by atoms with van der Waals surface area (Å²) in [5, 5.41) is 4.24. The van der Waals surface area contributed by atoms with E-state index in [0.717, 1.165) is 29.4 Å². The molecule has 0 aliphatic heterocycles. The predicted octanol–water partition coefficient (Wildman–Crippen LogP) is 4.18. The molecule has 0 fully saturated rings. The van der Waals surface area contributed by atoms with Crippen LogP contribution in [0.2, 0.25) is 5.02 Å². The average Bonchev–Trinajstić information content (AvgIpc) is 2.44. The van der Waals surface area contributed by atoms with E-state index in [-0.39, 0.29) is 6.04 Å². The van der Waals surface area contributed by atoms with Crippen molar-refractivity contribution in [3.8, 4) is 0 Å². The second-order valence-corrected chi connectivity index (χ2v) is 5.94. The molecule has 0 aliphatic rings. The number of rotatable bonds is 6. The zero-order chi connectivity index (χ0) is 14.4. The van der Waals surface area contributed by atoms with E-state index in [0.29, 0.717) is 5.02 Å². The van der Waals surface area contributed by atoms with Crippen LogP contribution < -0.4 is 5.32 Å². The maximum atomic E-state index is 6.27. The number of pyridine rings is 2. The quantitative estimate of drug-likeness (QED) is 0.846. The first-order valence-corrected chi connectivity index (χ1v) is 7.80. The Balaban J connectivity index is 2.22. The molecule has 0 saturated carbocycles. The Morgan fingerprint density at radius 3 is 2.85 bits per heavy atom. The molecule has 2 heterocycles. The first-order valence-electron chi connectivity index (χ1n) is 6.63. The zero-order valence-electron chi connectivity index (χ0n) is 11.3. The SMILES string of the molecule is CCCNC(Cc1cncc(Br)c1)c1ccncc1Cl. The Morgan fingerprint density at radius 1 is 1.30 bits per heavy atom. The van der Waals surface area contributed by atoms with Crippen LogP contribution in [0, 0.1) is 0 Å². The minimum absolute atomic E-state index is 0.168. The first-order chi connectivity index (χ1) is 9.70. The lowest BCUT2D eigenvalue weighted by atomic mass is 10.0. The van der Waals surface area contributed by atoms with E-state index in [2.05, 4.69) is 44.2 Å². The number of nitrogens with zero attached hydrogens (tertiary/aromatic N) is 2. The number of hydrogen-bond donors (Lipinski definition) is 1. The van der Waals surface area contributed by atoms with Gasteiger partial charge in [-0.1, -0.05) is 18.5 Å². The van der Waals surface area contributed by atoms with Crippen LogP contribution in [0.1, 0.15) is 30.5 Å². The third kappa shape index (κ3) is 4.27. The second-order valence-electron chi connectivity index (χ2n) is 4.62. The molecule has 1 N–H and O–H groups in total. The molecular formula is C15H17BrClN3. The molecule has 2 aromatic rings. The van der Waals surface area contributed by atoms with E-state index in [1.165, 1.54) is 5.56 Å². The molecular weight excluding hydrogens is 338 g/mol. The smallest absolute Gasteiger partial charge is 0.0637 e. The second kappa shape index (κ2) is 7.72. The minimum Gasteiger partial charge on any atom is -0.310 e. The van der Waals surface area contributed by atoms with Crippen LogP contribution in [-0.2, 0) is 6.42 Å². The molecule has 2 aromatic heterocycles. The highest BCUT2D eigenvalue weighted by Gasteiger charge is 2.15. The van der Waals surface area contributed by atoms with Crippen molar-refractivity contribution in [2.75, 3.05) is 6.54 Å². The Labute approximate surface area is 132 Å². The van der Waals surface area contributed by atoms with Gasteiger partial charge in [0.1, 0.15) is 0 Å². The topological polar surface area (TPSA) is 37.8 Å². The van der Waals surface area contributed by atoms with Crippen molar-refractivity contribution < 1.29 is 0 Å². The Hall–Kier alpha value is -0.970. The third-order valence-electron chi connectivity index (χ3n) is 3.02. The van der Waals surface area contributed by atoms with Crippen LogP contribution >= 0.6 is 27.5 Å². The van der Waals surface area contributed by atoms with Gasteiger partial charge in [-0.3, -0.25) is 9.97 Å². The highest BCUT2D eigenvalue weighted by molar-refractivity contribution is 9.10. The maximum Gasteiger partial charge on any atom is 0.0637 e. The summed E-state index contributed by atoms with van der Waals surface area (Å²) in [4.78, 5) is 8.26. The first kappa shape index (κ1) is 15.4. The lowest BCUT2D eigenvalue weighted by Gasteiger charge is -2.20. The summed E-state index contributed by atoms with van der Waals surface area (Å²) < 4.78 is 0.991. The summed E-state index contributed by atoms with van der Waals surface area (Å²) in [6.07, 6.45) is 9.07. The predicted molar refractivity (Wildman–Crippen MR) is 85.9 cm³/mol. The molecule has 5 heteroatoms. The summed E-state index contributed by atoms with van der Waals surface area (Å²) in [7, 11) is 0. The van der Waals surface area contributed by atoms with Gasteiger partial charge >= 0.3 is 0 Å². The Kier molecular flexibility index (Phi) is 5.95. The fourth-order valence-electron chi connectivity index (χ4n) is 2.08. The Bertz CT molecular complexity index is 562. The highest BCUT2D eigenvalue weighted by atomic mass is 79.9. The van der Waals surface area contributed by atoms with Crippen LogP contribution in [-0.4, -0.2) is 16.5 Å². The summed E-state index contributed by atoms with van der Waals surface area (Å²) in [5.74, 6) is 0. The molecule has 0 aromatic carbocycles. The largest absolute Gasteiger partial charge is 0.310 e. The van der Waals surface area contributed by atoms with E-state index in [9.17, 15) is 0 Å². The fraction of sp³-hybridized carbons (Fsp3) is 0.333. The summed E-state index contributed by atoms with van der Waals surface area (Å²) in [6.45, 7) is 3.10. The molecule has 106 valence electrons. The van der Waals surface area contributed by atoms with Gasteiger partial charge in [0, 0.05) is 35.3 Å². The molecule has 20 heavy (non-hydrogen) atoms.